The van der Waals surface area contributed by atoms with Crippen LogP contribution in [-0.2, 0) is 16.0 Å². The van der Waals surface area contributed by atoms with Gasteiger partial charge in [-0.3, -0.25) is 0 Å². The van der Waals surface area contributed by atoms with Gasteiger partial charge in [-0.15, -0.1) is 0 Å². The monoisotopic (exact) mass is 220 g/mol. The van der Waals surface area contributed by atoms with Crippen LogP contribution in [-0.4, -0.2) is 17.7 Å². The topological polar surface area (TPSA) is 46.5 Å². The van der Waals surface area contributed by atoms with Crippen LogP contribution in [0.2, 0.25) is 0 Å². The van der Waals surface area contributed by atoms with E-state index in [1.54, 1.807) is 6.92 Å². The molecule has 0 aliphatic carbocycles. The van der Waals surface area contributed by atoms with Crippen molar-refractivity contribution < 1.29 is 14.6 Å². The molecule has 0 fully saturated rings. The summed E-state index contributed by atoms with van der Waals surface area (Å²) in [6.07, 6.45) is 0.521. The van der Waals surface area contributed by atoms with E-state index in [9.17, 15) is 4.79 Å². The van der Waals surface area contributed by atoms with Gasteiger partial charge in [0.15, 0.2) is 0 Å². The molecule has 1 rings (SSSR count). The number of hydrogen-bond acceptors (Lipinski definition) is 2. The van der Waals surface area contributed by atoms with Crippen molar-refractivity contribution in [2.75, 3.05) is 6.61 Å². The van der Waals surface area contributed by atoms with Gasteiger partial charge in [0.1, 0.15) is 5.76 Å². The van der Waals surface area contributed by atoms with Crippen LogP contribution in [0.25, 0.3) is 0 Å². The summed E-state index contributed by atoms with van der Waals surface area (Å²) in [5.74, 6) is -0.402. The van der Waals surface area contributed by atoms with Crippen molar-refractivity contribution in [1.29, 1.82) is 0 Å². The summed E-state index contributed by atoms with van der Waals surface area (Å²) in [5.41, 5.74) is 1.32. The Bertz CT molecular complexity index is 379. The summed E-state index contributed by atoms with van der Waals surface area (Å²) in [6, 6.07) is 9.68. The number of carboxylic acid groups (broad SMARTS) is 1. The minimum Gasteiger partial charge on any atom is -0.497 e. The zero-order valence-electron chi connectivity index (χ0n) is 9.56. The minimum absolute atomic E-state index is 0.269. The Kier molecular flexibility index (Phi) is 4.58. The fraction of sp³-hybridized carbons (Fsp3) is 0.308. The van der Waals surface area contributed by atoms with Crippen molar-refractivity contribution >= 4 is 5.97 Å². The van der Waals surface area contributed by atoms with Gasteiger partial charge in [-0.05, 0) is 19.4 Å². The van der Waals surface area contributed by atoms with E-state index in [0.29, 0.717) is 18.8 Å². The first-order chi connectivity index (χ1) is 7.65. The van der Waals surface area contributed by atoms with Crippen LogP contribution < -0.4 is 0 Å². The molecular weight excluding hydrogens is 204 g/mol. The molecule has 0 radical (unpaired) electrons. The Morgan fingerprint density at radius 1 is 1.31 bits per heavy atom. The van der Waals surface area contributed by atoms with Crippen molar-refractivity contribution in [3.05, 3.63) is 47.2 Å². The summed E-state index contributed by atoms with van der Waals surface area (Å²) in [4.78, 5) is 10.9. The molecule has 16 heavy (non-hydrogen) atoms. The smallest absolute Gasteiger partial charge is 0.334 e. The zero-order valence-corrected chi connectivity index (χ0v) is 9.56. The molecule has 0 spiro atoms. The van der Waals surface area contributed by atoms with Gasteiger partial charge in [-0.25, -0.2) is 4.79 Å². The van der Waals surface area contributed by atoms with E-state index in [4.69, 9.17) is 9.84 Å². The average Bonchev–Trinajstić information content (AvgIpc) is 2.29. The van der Waals surface area contributed by atoms with E-state index < -0.39 is 5.97 Å². The normalized spacial score (nSPS) is 11.9. The lowest BCUT2D eigenvalue weighted by molar-refractivity contribution is -0.132. The van der Waals surface area contributed by atoms with Gasteiger partial charge in [-0.2, -0.15) is 0 Å². The highest BCUT2D eigenvalue weighted by Crippen LogP contribution is 2.13. The third-order valence-corrected chi connectivity index (χ3v) is 2.27. The van der Waals surface area contributed by atoms with Crippen LogP contribution in [0.15, 0.2) is 41.7 Å². The second-order valence-corrected chi connectivity index (χ2v) is 3.45. The van der Waals surface area contributed by atoms with Gasteiger partial charge >= 0.3 is 5.97 Å². The largest absolute Gasteiger partial charge is 0.497 e. The highest BCUT2D eigenvalue weighted by atomic mass is 16.5. The predicted molar refractivity (Wildman–Crippen MR) is 62.1 cm³/mol. The lowest BCUT2D eigenvalue weighted by atomic mass is 10.1. The quantitative estimate of drug-likeness (QED) is 0.613. The van der Waals surface area contributed by atoms with Crippen LogP contribution in [0.5, 0.6) is 0 Å². The van der Waals surface area contributed by atoms with Crippen LogP contribution >= 0.6 is 0 Å². The van der Waals surface area contributed by atoms with Gasteiger partial charge < -0.3 is 9.84 Å². The second kappa shape index (κ2) is 5.95. The molecule has 86 valence electrons. The molecule has 3 heteroatoms. The molecule has 3 nitrogen and oxygen atoms in total. The molecule has 1 N–H and O–H groups in total. The van der Waals surface area contributed by atoms with E-state index >= 15 is 0 Å². The number of hydrogen-bond donors (Lipinski definition) is 1. The number of carbonyl (C=O) groups is 1. The molecule has 0 aliphatic rings. The number of rotatable bonds is 5. The molecule has 0 saturated heterocycles. The Morgan fingerprint density at radius 2 is 1.94 bits per heavy atom. The molecule has 0 amide bonds. The summed E-state index contributed by atoms with van der Waals surface area (Å²) >= 11 is 0. The number of ether oxygens (including phenoxy) is 1. The van der Waals surface area contributed by atoms with Crippen LogP contribution in [0.1, 0.15) is 19.4 Å². The summed E-state index contributed by atoms with van der Waals surface area (Å²) < 4.78 is 5.37. The van der Waals surface area contributed by atoms with E-state index in [1.807, 2.05) is 37.3 Å². The SMILES string of the molecule is CCOC(Cc1ccccc1)=C(C)C(=O)O. The third-order valence-electron chi connectivity index (χ3n) is 2.27. The second-order valence-electron chi connectivity index (χ2n) is 3.45. The van der Waals surface area contributed by atoms with Crippen molar-refractivity contribution in [3.63, 3.8) is 0 Å². The molecule has 0 heterocycles. The van der Waals surface area contributed by atoms with Gasteiger partial charge in [0, 0.05) is 6.42 Å². The van der Waals surface area contributed by atoms with E-state index in [1.165, 1.54) is 0 Å². The standard InChI is InChI=1S/C13H16O3/c1-3-16-12(10(2)13(14)15)9-11-7-5-4-6-8-11/h4-8H,3,9H2,1-2H3,(H,14,15). The summed E-state index contributed by atoms with van der Waals surface area (Å²) in [7, 11) is 0. The van der Waals surface area contributed by atoms with Gasteiger partial charge in [0.25, 0.3) is 0 Å². The van der Waals surface area contributed by atoms with Crippen LogP contribution in [0.4, 0.5) is 0 Å². The number of benzene rings is 1. The highest BCUT2D eigenvalue weighted by molar-refractivity contribution is 5.86. The molecule has 0 saturated carbocycles. The highest BCUT2D eigenvalue weighted by Gasteiger charge is 2.10. The summed E-state index contributed by atoms with van der Waals surface area (Å²) in [5, 5.41) is 8.92. The van der Waals surface area contributed by atoms with Gasteiger partial charge in [0.2, 0.25) is 0 Å². The number of aliphatic carboxylic acids is 1. The van der Waals surface area contributed by atoms with Crippen molar-refractivity contribution in [3.8, 4) is 0 Å². The molecule has 1 aromatic rings. The van der Waals surface area contributed by atoms with E-state index in [0.717, 1.165) is 5.56 Å². The maximum Gasteiger partial charge on any atom is 0.334 e. The minimum atomic E-state index is -0.931. The van der Waals surface area contributed by atoms with Crippen molar-refractivity contribution in [2.45, 2.75) is 20.3 Å². The Hall–Kier alpha value is -1.77. The maximum atomic E-state index is 10.9. The lowest BCUT2D eigenvalue weighted by Gasteiger charge is -2.10. The lowest BCUT2D eigenvalue weighted by Crippen LogP contribution is -2.06. The average molecular weight is 220 g/mol. The van der Waals surface area contributed by atoms with Crippen molar-refractivity contribution in [2.24, 2.45) is 0 Å². The Balaban J connectivity index is 2.88. The van der Waals surface area contributed by atoms with E-state index in [-0.39, 0.29) is 5.57 Å². The van der Waals surface area contributed by atoms with Gasteiger partial charge in [0.05, 0.1) is 12.2 Å². The van der Waals surface area contributed by atoms with Crippen LogP contribution in [0.3, 0.4) is 0 Å². The van der Waals surface area contributed by atoms with Gasteiger partial charge in [-0.1, -0.05) is 30.3 Å². The molecular formula is C13H16O3. The third kappa shape index (κ3) is 3.42. The predicted octanol–water partition coefficient (Wildman–Crippen LogP) is 2.62. The maximum absolute atomic E-state index is 10.9. The first-order valence-electron chi connectivity index (χ1n) is 5.25. The number of allylic oxidation sites excluding steroid dienone is 1. The first kappa shape index (κ1) is 12.3. The fourth-order valence-corrected chi connectivity index (χ4v) is 1.37. The molecule has 0 aliphatic heterocycles. The zero-order chi connectivity index (χ0) is 12.0. The Morgan fingerprint density at radius 3 is 2.44 bits per heavy atom. The molecule has 1 aromatic carbocycles. The molecule has 0 aromatic heterocycles. The summed E-state index contributed by atoms with van der Waals surface area (Å²) in [6.45, 7) is 3.89. The fourth-order valence-electron chi connectivity index (χ4n) is 1.37. The molecule has 0 unspecified atom stereocenters. The molecule has 0 atom stereocenters. The Labute approximate surface area is 95.4 Å². The van der Waals surface area contributed by atoms with Crippen LogP contribution in [0, 0.1) is 0 Å². The molecule has 0 bridgehead atoms. The first-order valence-corrected chi connectivity index (χ1v) is 5.25. The van der Waals surface area contributed by atoms with E-state index in [2.05, 4.69) is 0 Å². The number of carboxylic acids is 1. The van der Waals surface area contributed by atoms with Crippen molar-refractivity contribution in [1.82, 2.24) is 0 Å².